The van der Waals surface area contributed by atoms with E-state index in [-0.39, 0.29) is 41.3 Å². The number of carbonyl (C=O) groups is 2. The Balaban J connectivity index is 2.67. The molecule has 1 spiro atoms. The van der Waals surface area contributed by atoms with E-state index in [4.69, 9.17) is 0 Å². The van der Waals surface area contributed by atoms with Gasteiger partial charge in [0, 0.05) is 12.3 Å². The number of aliphatic hydroxyl groups excluding tert-OH is 2. The maximum absolute atomic E-state index is 13.1. The molecule has 2 unspecified atom stereocenters. The summed E-state index contributed by atoms with van der Waals surface area (Å²) in [6, 6.07) is 0. The second-order valence-electron chi connectivity index (χ2n) is 11.6. The number of unbranched alkanes of at least 4 members (excludes halogenated alkanes) is 1. The smallest absolute Gasteiger partial charge is 0.172 e. The highest BCUT2D eigenvalue weighted by Gasteiger charge is 2.66. The van der Waals surface area contributed by atoms with Gasteiger partial charge in [0.15, 0.2) is 11.6 Å². The van der Waals surface area contributed by atoms with Crippen molar-refractivity contribution in [2.24, 2.45) is 28.6 Å². The van der Waals surface area contributed by atoms with Gasteiger partial charge in [0.05, 0.1) is 22.7 Å². The van der Waals surface area contributed by atoms with Crippen molar-refractivity contribution in [1.82, 2.24) is 0 Å². The summed E-state index contributed by atoms with van der Waals surface area (Å²) in [4.78, 5) is 25.9. The van der Waals surface area contributed by atoms with E-state index in [0.29, 0.717) is 12.8 Å². The number of ketones is 2. The van der Waals surface area contributed by atoms with Gasteiger partial charge in [-0.25, -0.2) is 0 Å². The fraction of sp³-hybridized carbons (Fsp3) is 0.778. The van der Waals surface area contributed by atoms with Crippen LogP contribution in [0.3, 0.4) is 0 Å². The molecule has 0 radical (unpaired) electrons. The van der Waals surface area contributed by atoms with E-state index in [1.165, 1.54) is 5.57 Å². The number of Topliss-reactive ketones (excluding diaryl/α,β-unsaturated/α-hetero) is 2. The topological polar surface area (TPSA) is 94.8 Å². The normalized spacial score (nSPS) is 31.2. The van der Waals surface area contributed by atoms with Crippen LogP contribution in [0.1, 0.15) is 93.9 Å². The molecule has 5 nitrogen and oxygen atoms in total. The Morgan fingerprint density at radius 1 is 1.28 bits per heavy atom. The number of hydrogen-bond acceptors (Lipinski definition) is 5. The second kappa shape index (κ2) is 9.42. The molecule has 0 bridgehead atoms. The fourth-order valence-corrected chi connectivity index (χ4v) is 6.45. The van der Waals surface area contributed by atoms with Crippen molar-refractivity contribution in [3.63, 3.8) is 0 Å². The average Bonchev–Trinajstić information content (AvgIpc) is 2.91. The molecular weight excluding hydrogens is 404 g/mol. The van der Waals surface area contributed by atoms with Gasteiger partial charge >= 0.3 is 0 Å². The van der Waals surface area contributed by atoms with Crippen LogP contribution in [0.15, 0.2) is 23.0 Å². The zero-order valence-electron chi connectivity index (χ0n) is 21.3. The van der Waals surface area contributed by atoms with Gasteiger partial charge in [-0.15, -0.1) is 0 Å². The van der Waals surface area contributed by atoms with Crippen molar-refractivity contribution >= 4 is 11.6 Å². The lowest BCUT2D eigenvalue weighted by Gasteiger charge is -2.46. The molecule has 2 rings (SSSR count). The Hall–Kier alpha value is -1.46. The molecule has 0 aromatic heterocycles. The van der Waals surface area contributed by atoms with Crippen molar-refractivity contribution < 1.29 is 24.9 Å². The van der Waals surface area contributed by atoms with E-state index in [0.717, 1.165) is 19.3 Å². The van der Waals surface area contributed by atoms with E-state index in [1.54, 1.807) is 20.8 Å². The van der Waals surface area contributed by atoms with Gasteiger partial charge in [0.25, 0.3) is 0 Å². The molecule has 0 aromatic rings. The molecule has 0 amide bonds. The van der Waals surface area contributed by atoms with Gasteiger partial charge < -0.3 is 15.3 Å². The van der Waals surface area contributed by atoms with E-state index < -0.39 is 28.3 Å². The molecule has 0 heterocycles. The van der Waals surface area contributed by atoms with E-state index in [2.05, 4.69) is 33.8 Å². The molecule has 2 aliphatic rings. The van der Waals surface area contributed by atoms with Crippen molar-refractivity contribution in [1.29, 1.82) is 0 Å². The molecule has 0 aliphatic heterocycles. The van der Waals surface area contributed by atoms with Gasteiger partial charge in [0.2, 0.25) is 0 Å². The Kier molecular flexibility index (Phi) is 7.89. The summed E-state index contributed by atoms with van der Waals surface area (Å²) < 4.78 is 0. The lowest BCUT2D eigenvalue weighted by atomic mass is 9.60. The number of rotatable bonds is 8. The van der Waals surface area contributed by atoms with Crippen molar-refractivity contribution in [2.75, 3.05) is 0 Å². The molecule has 1 saturated carbocycles. The molecular formula is C27H44O5. The van der Waals surface area contributed by atoms with Gasteiger partial charge in [-0.05, 0) is 77.0 Å². The highest BCUT2D eigenvalue weighted by molar-refractivity contribution is 6.22. The summed E-state index contributed by atoms with van der Waals surface area (Å²) in [7, 11) is 0. The average molecular weight is 449 g/mol. The minimum Gasteiger partial charge on any atom is -0.511 e. The van der Waals surface area contributed by atoms with Gasteiger partial charge in [-0.2, -0.15) is 0 Å². The van der Waals surface area contributed by atoms with Crippen LogP contribution in [0.2, 0.25) is 0 Å². The minimum absolute atomic E-state index is 0.119. The Bertz CT molecular complexity index is 793. The summed E-state index contributed by atoms with van der Waals surface area (Å²) in [5, 5.41) is 33.9. The Labute approximate surface area is 194 Å². The highest BCUT2D eigenvalue weighted by atomic mass is 16.3. The van der Waals surface area contributed by atoms with E-state index >= 15 is 0 Å². The maximum atomic E-state index is 13.1. The highest BCUT2D eigenvalue weighted by Crippen LogP contribution is 2.67. The summed E-state index contributed by atoms with van der Waals surface area (Å²) in [5.74, 6) is -1.82. The van der Waals surface area contributed by atoms with E-state index in [9.17, 15) is 24.9 Å². The fourth-order valence-electron chi connectivity index (χ4n) is 6.45. The lowest BCUT2D eigenvalue weighted by molar-refractivity contribution is -0.130. The first-order chi connectivity index (χ1) is 14.6. The third kappa shape index (κ3) is 4.61. The summed E-state index contributed by atoms with van der Waals surface area (Å²) in [5.41, 5.74) is -1.43. The van der Waals surface area contributed by atoms with Crippen LogP contribution in [0, 0.1) is 28.6 Å². The lowest BCUT2D eigenvalue weighted by Crippen LogP contribution is -2.49. The Morgan fingerprint density at radius 2 is 1.88 bits per heavy atom. The van der Waals surface area contributed by atoms with Crippen molar-refractivity contribution in [2.45, 2.75) is 106 Å². The van der Waals surface area contributed by atoms with Gasteiger partial charge in [-0.3, -0.25) is 9.59 Å². The molecule has 0 saturated heterocycles. The number of allylic oxidation sites excluding steroid dienone is 3. The third-order valence-corrected chi connectivity index (χ3v) is 8.30. The predicted octanol–water partition coefficient (Wildman–Crippen LogP) is 5.30. The summed E-state index contributed by atoms with van der Waals surface area (Å²) in [6.45, 7) is 15.5. The SMILES string of the molecule is CCC(C)C(=O)C1=C(O)[C@]2(C[C@@H](C(C)(C)O)C(C)(C)[C@@H]2CCCC=C(C)C)C(O)CC1=O. The quantitative estimate of drug-likeness (QED) is 0.266. The number of carbonyl (C=O) groups excluding carboxylic acids is 2. The number of aliphatic hydroxyl groups is 3. The second-order valence-corrected chi connectivity index (χ2v) is 11.6. The first kappa shape index (κ1) is 26.8. The van der Waals surface area contributed by atoms with Crippen LogP contribution in [0.5, 0.6) is 0 Å². The predicted molar refractivity (Wildman–Crippen MR) is 127 cm³/mol. The van der Waals surface area contributed by atoms with Gasteiger partial charge in [0.1, 0.15) is 5.76 Å². The first-order valence-corrected chi connectivity index (χ1v) is 12.2. The van der Waals surface area contributed by atoms with Crippen LogP contribution < -0.4 is 0 Å². The van der Waals surface area contributed by atoms with Crippen molar-refractivity contribution in [3.8, 4) is 0 Å². The Morgan fingerprint density at radius 3 is 2.38 bits per heavy atom. The molecule has 1 fully saturated rings. The van der Waals surface area contributed by atoms with Gasteiger partial charge in [-0.1, -0.05) is 39.3 Å². The molecule has 5 heteroatoms. The maximum Gasteiger partial charge on any atom is 0.172 e. The van der Waals surface area contributed by atoms with Crippen LogP contribution >= 0.6 is 0 Å². The minimum atomic E-state index is -1.11. The van der Waals surface area contributed by atoms with E-state index in [1.807, 2.05) is 6.92 Å². The zero-order chi connectivity index (χ0) is 24.6. The monoisotopic (exact) mass is 448 g/mol. The van der Waals surface area contributed by atoms with Crippen molar-refractivity contribution in [3.05, 3.63) is 23.0 Å². The summed E-state index contributed by atoms with van der Waals surface area (Å²) in [6.07, 6.45) is 4.32. The van der Waals surface area contributed by atoms with Crippen LogP contribution in [0.25, 0.3) is 0 Å². The molecule has 32 heavy (non-hydrogen) atoms. The number of hydrogen-bond donors (Lipinski definition) is 3. The summed E-state index contributed by atoms with van der Waals surface area (Å²) >= 11 is 0. The van der Waals surface area contributed by atoms with Crippen LogP contribution in [-0.2, 0) is 9.59 Å². The van der Waals surface area contributed by atoms with Crippen LogP contribution in [0.4, 0.5) is 0 Å². The molecule has 2 aliphatic carbocycles. The molecule has 182 valence electrons. The molecule has 0 aromatic carbocycles. The molecule has 3 N–H and O–H groups in total. The standard InChI is InChI=1S/C27H44O5/c1-9-17(4)23(30)22-18(28)14-21(29)27(24(22)31)15-20(26(7,8)32)25(5,6)19(27)13-11-10-12-16(2)3/h12,17,19-21,29,31-32H,9-11,13-15H2,1-8H3/t17?,19-,20+,21?,27-/m0/s1. The zero-order valence-corrected chi connectivity index (χ0v) is 21.3. The van der Waals surface area contributed by atoms with Crippen LogP contribution in [-0.4, -0.2) is 38.6 Å². The first-order valence-electron chi connectivity index (χ1n) is 12.2. The third-order valence-electron chi connectivity index (χ3n) is 8.30. The largest absolute Gasteiger partial charge is 0.511 e. The molecule has 5 atom stereocenters.